The number of hydroxylamine groups is 1. The van der Waals surface area contributed by atoms with Crippen LogP contribution in [0.4, 0.5) is 0 Å². The lowest BCUT2D eigenvalue weighted by molar-refractivity contribution is -0.110. The minimum absolute atomic E-state index is 0.195. The molecule has 0 aromatic heterocycles. The second-order valence-corrected chi connectivity index (χ2v) is 6.82. The SMILES string of the molecule is COC(CCCNOC(c1ccccc1)(c1ccccc1)c1ccccc1)OC. The minimum Gasteiger partial charge on any atom is -0.356 e. The molecule has 0 amide bonds. The molecule has 0 aliphatic heterocycles. The van der Waals surface area contributed by atoms with Gasteiger partial charge in [-0.2, -0.15) is 0 Å². The number of ether oxygens (including phenoxy) is 2. The molecule has 4 heteroatoms. The average Bonchev–Trinajstić information content (AvgIpc) is 2.81. The van der Waals surface area contributed by atoms with Crippen LogP contribution in [0.5, 0.6) is 0 Å². The van der Waals surface area contributed by atoms with Crippen LogP contribution in [-0.2, 0) is 19.9 Å². The zero-order valence-electron chi connectivity index (χ0n) is 17.1. The molecule has 0 aliphatic rings. The van der Waals surface area contributed by atoms with Crippen molar-refractivity contribution < 1.29 is 14.3 Å². The molecular weight excluding hydrogens is 362 g/mol. The standard InChI is InChI=1S/C25H29NO3/c1-27-24(28-2)19-12-20-26-29-25(21-13-6-3-7-14-21,22-15-8-4-9-16-22)23-17-10-5-11-18-23/h3-11,13-18,24,26H,12,19-20H2,1-2H3. The molecule has 29 heavy (non-hydrogen) atoms. The summed E-state index contributed by atoms with van der Waals surface area (Å²) in [7, 11) is 3.31. The highest BCUT2D eigenvalue weighted by Gasteiger charge is 2.38. The number of hydrogen-bond acceptors (Lipinski definition) is 4. The summed E-state index contributed by atoms with van der Waals surface area (Å²) in [6.07, 6.45) is 1.46. The Hall–Kier alpha value is -2.50. The van der Waals surface area contributed by atoms with Gasteiger partial charge in [0.15, 0.2) is 11.9 Å². The Bertz CT molecular complexity index is 724. The van der Waals surface area contributed by atoms with E-state index in [0.29, 0.717) is 6.54 Å². The second kappa shape index (κ2) is 10.9. The third-order valence-electron chi connectivity index (χ3n) is 5.01. The van der Waals surface area contributed by atoms with Crippen molar-refractivity contribution in [2.24, 2.45) is 0 Å². The topological polar surface area (TPSA) is 39.7 Å². The first-order valence-electron chi connectivity index (χ1n) is 9.94. The van der Waals surface area contributed by atoms with E-state index in [4.69, 9.17) is 14.3 Å². The monoisotopic (exact) mass is 391 g/mol. The van der Waals surface area contributed by atoms with Crippen LogP contribution in [0.15, 0.2) is 91.0 Å². The van der Waals surface area contributed by atoms with Crippen molar-refractivity contribution in [1.29, 1.82) is 0 Å². The Balaban J connectivity index is 1.91. The second-order valence-electron chi connectivity index (χ2n) is 6.82. The van der Waals surface area contributed by atoms with E-state index in [-0.39, 0.29) is 6.29 Å². The molecule has 1 N–H and O–H groups in total. The summed E-state index contributed by atoms with van der Waals surface area (Å²) in [5, 5.41) is 0. The summed E-state index contributed by atoms with van der Waals surface area (Å²) in [5.41, 5.74) is 5.65. The van der Waals surface area contributed by atoms with Gasteiger partial charge in [-0.1, -0.05) is 91.0 Å². The van der Waals surface area contributed by atoms with Gasteiger partial charge >= 0.3 is 0 Å². The van der Waals surface area contributed by atoms with Gasteiger partial charge < -0.3 is 9.47 Å². The van der Waals surface area contributed by atoms with Crippen LogP contribution in [-0.4, -0.2) is 27.1 Å². The Labute approximate surface area is 173 Å². The highest BCUT2D eigenvalue weighted by molar-refractivity contribution is 5.47. The summed E-state index contributed by atoms with van der Waals surface area (Å²) in [6, 6.07) is 30.9. The number of nitrogens with one attached hydrogen (secondary N) is 1. The maximum Gasteiger partial charge on any atom is 0.165 e. The van der Waals surface area contributed by atoms with Crippen molar-refractivity contribution in [1.82, 2.24) is 5.48 Å². The summed E-state index contributed by atoms with van der Waals surface area (Å²) < 4.78 is 10.5. The molecule has 3 aromatic rings. The molecule has 0 bridgehead atoms. The van der Waals surface area contributed by atoms with Gasteiger partial charge in [0.1, 0.15) is 0 Å². The van der Waals surface area contributed by atoms with E-state index < -0.39 is 5.60 Å². The zero-order valence-corrected chi connectivity index (χ0v) is 17.1. The van der Waals surface area contributed by atoms with Crippen LogP contribution < -0.4 is 5.48 Å². The Morgan fingerprint density at radius 2 is 1.10 bits per heavy atom. The van der Waals surface area contributed by atoms with Crippen molar-refractivity contribution in [3.63, 3.8) is 0 Å². The van der Waals surface area contributed by atoms with Gasteiger partial charge in [0, 0.05) is 20.8 Å². The normalized spacial score (nSPS) is 11.7. The molecular formula is C25H29NO3. The molecule has 0 radical (unpaired) electrons. The third-order valence-corrected chi connectivity index (χ3v) is 5.01. The van der Waals surface area contributed by atoms with Crippen molar-refractivity contribution in [3.8, 4) is 0 Å². The average molecular weight is 392 g/mol. The molecule has 0 saturated carbocycles. The molecule has 152 valence electrons. The Morgan fingerprint density at radius 3 is 1.48 bits per heavy atom. The maximum absolute atomic E-state index is 6.51. The van der Waals surface area contributed by atoms with E-state index in [1.54, 1.807) is 14.2 Å². The molecule has 4 nitrogen and oxygen atoms in total. The summed E-state index contributed by atoms with van der Waals surface area (Å²) in [4.78, 5) is 6.51. The van der Waals surface area contributed by atoms with Crippen LogP contribution in [0, 0.1) is 0 Å². The van der Waals surface area contributed by atoms with E-state index in [1.807, 2.05) is 54.6 Å². The van der Waals surface area contributed by atoms with Gasteiger partial charge in [-0.25, -0.2) is 5.48 Å². The van der Waals surface area contributed by atoms with Crippen molar-refractivity contribution in [3.05, 3.63) is 108 Å². The predicted molar refractivity (Wildman–Crippen MR) is 115 cm³/mol. The van der Waals surface area contributed by atoms with E-state index >= 15 is 0 Å². The number of benzene rings is 3. The van der Waals surface area contributed by atoms with Crippen LogP contribution in [0.1, 0.15) is 29.5 Å². The predicted octanol–water partition coefficient (Wildman–Crippen LogP) is 4.90. The fourth-order valence-corrected chi connectivity index (χ4v) is 3.53. The first kappa shape index (κ1) is 21.2. The van der Waals surface area contributed by atoms with Gasteiger partial charge in [-0.15, -0.1) is 0 Å². The lowest BCUT2D eigenvalue weighted by Gasteiger charge is -2.35. The summed E-state index contributed by atoms with van der Waals surface area (Å²) in [5.74, 6) is 0. The smallest absolute Gasteiger partial charge is 0.165 e. The first-order valence-corrected chi connectivity index (χ1v) is 9.94. The molecule has 3 rings (SSSR count). The fourth-order valence-electron chi connectivity index (χ4n) is 3.53. The lowest BCUT2D eigenvalue weighted by atomic mass is 9.80. The molecule has 0 heterocycles. The summed E-state index contributed by atoms with van der Waals surface area (Å²) in [6.45, 7) is 0.678. The largest absolute Gasteiger partial charge is 0.356 e. The van der Waals surface area contributed by atoms with Gasteiger partial charge in [0.05, 0.1) is 0 Å². The Kier molecular flexibility index (Phi) is 7.96. The van der Waals surface area contributed by atoms with Crippen LogP contribution in [0.3, 0.4) is 0 Å². The van der Waals surface area contributed by atoms with Gasteiger partial charge in [0.2, 0.25) is 0 Å². The number of rotatable bonds is 11. The lowest BCUT2D eigenvalue weighted by Crippen LogP contribution is -2.38. The van der Waals surface area contributed by atoms with Crippen molar-refractivity contribution in [2.45, 2.75) is 24.7 Å². The van der Waals surface area contributed by atoms with Crippen molar-refractivity contribution in [2.75, 3.05) is 20.8 Å². The zero-order chi connectivity index (χ0) is 20.4. The van der Waals surface area contributed by atoms with E-state index in [9.17, 15) is 0 Å². The quantitative estimate of drug-likeness (QED) is 0.218. The molecule has 0 spiro atoms. The van der Waals surface area contributed by atoms with Crippen LogP contribution in [0.25, 0.3) is 0 Å². The minimum atomic E-state index is -0.758. The van der Waals surface area contributed by atoms with Gasteiger partial charge in [-0.05, 0) is 29.5 Å². The highest BCUT2D eigenvalue weighted by atomic mass is 16.7. The molecule has 0 aliphatic carbocycles. The van der Waals surface area contributed by atoms with Gasteiger partial charge in [-0.3, -0.25) is 4.84 Å². The molecule has 0 fully saturated rings. The molecule has 0 unspecified atom stereocenters. The van der Waals surface area contributed by atoms with E-state index in [2.05, 4.69) is 41.9 Å². The van der Waals surface area contributed by atoms with Crippen molar-refractivity contribution >= 4 is 0 Å². The van der Waals surface area contributed by atoms with E-state index in [0.717, 1.165) is 29.5 Å². The molecule has 3 aromatic carbocycles. The number of methoxy groups -OCH3 is 2. The number of hydrogen-bond donors (Lipinski definition) is 1. The fraction of sp³-hybridized carbons (Fsp3) is 0.280. The molecule has 0 atom stereocenters. The summed E-state index contributed by atoms with van der Waals surface area (Å²) >= 11 is 0. The van der Waals surface area contributed by atoms with Crippen LogP contribution in [0.2, 0.25) is 0 Å². The van der Waals surface area contributed by atoms with E-state index in [1.165, 1.54) is 0 Å². The third kappa shape index (κ3) is 5.11. The maximum atomic E-state index is 6.51. The first-order chi connectivity index (χ1) is 14.3. The van der Waals surface area contributed by atoms with Crippen LogP contribution >= 0.6 is 0 Å². The highest BCUT2D eigenvalue weighted by Crippen LogP contribution is 2.39. The Morgan fingerprint density at radius 1 is 0.690 bits per heavy atom. The molecule has 0 saturated heterocycles. The van der Waals surface area contributed by atoms with Gasteiger partial charge in [0.25, 0.3) is 0 Å².